The maximum atomic E-state index is 5.81. The van der Waals surface area contributed by atoms with Crippen LogP contribution in [-0.4, -0.2) is 7.11 Å². The Bertz CT molecular complexity index is 450. The number of ether oxygens (including phenoxy) is 1. The minimum absolute atomic E-state index is 0.779. The summed E-state index contributed by atoms with van der Waals surface area (Å²) >= 11 is 5.87. The van der Waals surface area contributed by atoms with Gasteiger partial charge in [-0.2, -0.15) is 0 Å². The Hall–Kier alpha value is -0.870. The summed E-state index contributed by atoms with van der Waals surface area (Å²) in [5.74, 6) is 0.815. The van der Waals surface area contributed by atoms with Gasteiger partial charge in [-0.25, -0.2) is 0 Å². The van der Waals surface area contributed by atoms with Crippen molar-refractivity contribution in [2.45, 2.75) is 4.21 Å². The van der Waals surface area contributed by atoms with Crippen LogP contribution in [-0.2, 0) is 0 Å². The summed E-state index contributed by atoms with van der Waals surface area (Å²) in [6.45, 7) is 0. The van der Waals surface area contributed by atoms with Crippen molar-refractivity contribution in [3.63, 3.8) is 0 Å². The Morgan fingerprint density at radius 1 is 1.46 bits per heavy atom. The molecule has 0 radical (unpaired) electrons. The van der Waals surface area contributed by atoms with Crippen molar-refractivity contribution in [1.29, 1.82) is 0 Å². The molecule has 13 heavy (non-hydrogen) atoms. The lowest BCUT2D eigenvalue weighted by Crippen LogP contribution is -1.84. The van der Waals surface area contributed by atoms with Crippen molar-refractivity contribution in [1.82, 2.24) is 0 Å². The average Bonchev–Trinajstić information content (AvgIpc) is 2.43. The minimum Gasteiger partial charge on any atom is -0.494 e. The molecule has 0 saturated heterocycles. The van der Waals surface area contributed by atoms with E-state index in [4.69, 9.17) is 10.5 Å². The van der Waals surface area contributed by atoms with Crippen LogP contribution in [0.15, 0.2) is 22.4 Å². The average molecular weight is 211 g/mol. The maximum Gasteiger partial charge on any atom is 0.150 e. The van der Waals surface area contributed by atoms with Gasteiger partial charge < -0.3 is 10.5 Å². The molecule has 2 N–H and O–H groups in total. The standard InChI is InChI=1S/C9H9NOS2/c1-11-7-5-3-2-4-6(10)8(5)13-9(7)12/h2-4,12H,10H2,1H3. The van der Waals surface area contributed by atoms with Crippen LogP contribution >= 0.6 is 24.0 Å². The zero-order chi connectivity index (χ0) is 9.42. The third kappa shape index (κ3) is 1.26. The van der Waals surface area contributed by atoms with Gasteiger partial charge in [0.2, 0.25) is 0 Å². The maximum absolute atomic E-state index is 5.81. The molecule has 0 aliphatic heterocycles. The molecular weight excluding hydrogens is 202 g/mol. The molecule has 1 aromatic carbocycles. The van der Waals surface area contributed by atoms with E-state index in [1.54, 1.807) is 18.4 Å². The summed E-state index contributed by atoms with van der Waals surface area (Å²) < 4.78 is 7.15. The highest BCUT2D eigenvalue weighted by molar-refractivity contribution is 7.83. The van der Waals surface area contributed by atoms with E-state index in [0.717, 1.165) is 25.7 Å². The lowest BCUT2D eigenvalue weighted by molar-refractivity contribution is 0.413. The predicted molar refractivity (Wildman–Crippen MR) is 60.0 cm³/mol. The van der Waals surface area contributed by atoms with Gasteiger partial charge in [0, 0.05) is 11.1 Å². The number of thiol groups is 1. The topological polar surface area (TPSA) is 35.2 Å². The van der Waals surface area contributed by atoms with E-state index >= 15 is 0 Å². The fraction of sp³-hybridized carbons (Fsp3) is 0.111. The van der Waals surface area contributed by atoms with Gasteiger partial charge in [0.05, 0.1) is 11.8 Å². The lowest BCUT2D eigenvalue weighted by atomic mass is 10.2. The molecule has 0 amide bonds. The molecule has 4 heteroatoms. The van der Waals surface area contributed by atoms with Gasteiger partial charge in [-0.1, -0.05) is 6.07 Å². The summed E-state index contributed by atoms with van der Waals surface area (Å²) in [5, 5.41) is 1.04. The summed E-state index contributed by atoms with van der Waals surface area (Å²) in [4.78, 5) is 0. The van der Waals surface area contributed by atoms with Gasteiger partial charge in [-0.3, -0.25) is 0 Å². The Morgan fingerprint density at radius 3 is 2.92 bits per heavy atom. The monoisotopic (exact) mass is 211 g/mol. The molecule has 1 aromatic heterocycles. The third-order valence-electron chi connectivity index (χ3n) is 1.89. The summed E-state index contributed by atoms with van der Waals surface area (Å²) in [7, 11) is 1.64. The molecule has 0 spiro atoms. The van der Waals surface area contributed by atoms with E-state index in [0.29, 0.717) is 0 Å². The number of fused-ring (bicyclic) bond motifs is 1. The normalized spacial score (nSPS) is 10.6. The highest BCUT2D eigenvalue weighted by atomic mass is 32.2. The summed E-state index contributed by atoms with van der Waals surface area (Å²) in [6, 6.07) is 5.78. The van der Waals surface area contributed by atoms with Crippen LogP contribution in [0.4, 0.5) is 5.69 Å². The molecule has 2 rings (SSSR count). The molecule has 0 aliphatic rings. The smallest absolute Gasteiger partial charge is 0.150 e. The molecule has 0 atom stereocenters. The van der Waals surface area contributed by atoms with E-state index in [1.165, 1.54) is 0 Å². The zero-order valence-corrected chi connectivity index (χ0v) is 8.78. The number of nitrogens with two attached hydrogens (primary N) is 1. The predicted octanol–water partition coefficient (Wildman–Crippen LogP) is 2.78. The van der Waals surface area contributed by atoms with Crippen molar-refractivity contribution < 1.29 is 4.74 Å². The van der Waals surface area contributed by atoms with E-state index in [1.807, 2.05) is 18.2 Å². The molecule has 68 valence electrons. The first-order chi connectivity index (χ1) is 6.24. The van der Waals surface area contributed by atoms with Crippen LogP contribution in [0.25, 0.3) is 10.1 Å². The van der Waals surface area contributed by atoms with Crippen LogP contribution in [0.5, 0.6) is 5.75 Å². The van der Waals surface area contributed by atoms with E-state index in [-0.39, 0.29) is 0 Å². The molecule has 0 fully saturated rings. The van der Waals surface area contributed by atoms with Gasteiger partial charge in [-0.15, -0.1) is 24.0 Å². The number of anilines is 1. The van der Waals surface area contributed by atoms with Gasteiger partial charge in [0.1, 0.15) is 4.21 Å². The lowest BCUT2D eigenvalue weighted by Gasteiger charge is -1.98. The molecule has 2 aromatic rings. The van der Waals surface area contributed by atoms with Crippen molar-refractivity contribution in [2.24, 2.45) is 0 Å². The molecule has 0 aliphatic carbocycles. The fourth-order valence-corrected chi connectivity index (χ4v) is 2.72. The number of hydrogen-bond donors (Lipinski definition) is 2. The SMILES string of the molecule is COc1c(S)sc2c(N)cccc12. The van der Waals surface area contributed by atoms with Crippen LogP contribution in [0, 0.1) is 0 Å². The van der Waals surface area contributed by atoms with E-state index in [2.05, 4.69) is 12.6 Å². The molecule has 0 saturated carbocycles. The van der Waals surface area contributed by atoms with Crippen molar-refractivity contribution in [3.05, 3.63) is 18.2 Å². The summed E-state index contributed by atoms with van der Waals surface area (Å²) in [5.41, 5.74) is 6.59. The van der Waals surface area contributed by atoms with Crippen LogP contribution in [0.2, 0.25) is 0 Å². The molecular formula is C9H9NOS2. The quantitative estimate of drug-likeness (QED) is 0.562. The Kier molecular flexibility index (Phi) is 2.09. The number of hydrogen-bond acceptors (Lipinski definition) is 4. The first kappa shape index (κ1) is 8.72. The van der Waals surface area contributed by atoms with Gasteiger partial charge in [0.15, 0.2) is 5.75 Å². The molecule has 1 heterocycles. The van der Waals surface area contributed by atoms with Crippen molar-refractivity contribution >= 4 is 39.7 Å². The third-order valence-corrected chi connectivity index (χ3v) is 3.40. The van der Waals surface area contributed by atoms with Crippen LogP contribution in [0.3, 0.4) is 0 Å². The minimum atomic E-state index is 0.779. The van der Waals surface area contributed by atoms with Crippen molar-refractivity contribution in [3.8, 4) is 5.75 Å². The van der Waals surface area contributed by atoms with Gasteiger partial charge in [0.25, 0.3) is 0 Å². The Balaban J connectivity index is 2.86. The Labute approximate surface area is 85.7 Å². The van der Waals surface area contributed by atoms with E-state index < -0.39 is 0 Å². The molecule has 2 nitrogen and oxygen atoms in total. The Morgan fingerprint density at radius 2 is 2.23 bits per heavy atom. The van der Waals surface area contributed by atoms with E-state index in [9.17, 15) is 0 Å². The first-order valence-electron chi connectivity index (χ1n) is 3.78. The van der Waals surface area contributed by atoms with Gasteiger partial charge >= 0.3 is 0 Å². The highest BCUT2D eigenvalue weighted by Crippen LogP contribution is 2.42. The second-order valence-corrected chi connectivity index (χ2v) is 4.43. The second kappa shape index (κ2) is 3.12. The van der Waals surface area contributed by atoms with Crippen molar-refractivity contribution in [2.75, 3.05) is 12.8 Å². The van der Waals surface area contributed by atoms with Crippen LogP contribution in [0.1, 0.15) is 0 Å². The van der Waals surface area contributed by atoms with Crippen LogP contribution < -0.4 is 10.5 Å². The molecule has 0 bridgehead atoms. The zero-order valence-electron chi connectivity index (χ0n) is 7.07. The largest absolute Gasteiger partial charge is 0.494 e. The first-order valence-corrected chi connectivity index (χ1v) is 5.04. The fourth-order valence-electron chi connectivity index (χ4n) is 1.30. The molecule has 0 unspecified atom stereocenters. The number of rotatable bonds is 1. The number of thiophene rings is 1. The summed E-state index contributed by atoms with van der Waals surface area (Å²) in [6.07, 6.45) is 0. The number of methoxy groups -OCH3 is 1. The number of benzene rings is 1. The highest BCUT2D eigenvalue weighted by Gasteiger charge is 2.10. The van der Waals surface area contributed by atoms with Gasteiger partial charge in [-0.05, 0) is 12.1 Å². The second-order valence-electron chi connectivity index (χ2n) is 2.66. The number of nitrogen functional groups attached to an aromatic ring is 1.